The molecule has 2 aliphatic carbocycles. The Balaban J connectivity index is 1.69. The first-order valence-corrected chi connectivity index (χ1v) is 13.5. The van der Waals surface area contributed by atoms with E-state index in [0.29, 0.717) is 0 Å². The fourth-order valence-electron chi connectivity index (χ4n) is 5.26. The molecule has 5 heteroatoms. The normalized spacial score (nSPS) is 12.9. The van der Waals surface area contributed by atoms with Crippen LogP contribution in [0.5, 0.6) is 0 Å². The molecular formula is C35H34N4O+2. The molecule has 0 saturated heterocycles. The van der Waals surface area contributed by atoms with Gasteiger partial charge in [-0.25, -0.2) is 14.1 Å². The van der Waals surface area contributed by atoms with Gasteiger partial charge in [-0.2, -0.15) is 0 Å². The third-order valence-corrected chi connectivity index (χ3v) is 7.51. The SMILES string of the molecule is CN(C)c1ccc(C(=C2C=CC(=[N+](C)C)C=C2)c2cc3oc4cc(=[N+](C)C)ccc-4nc3c3ccccc23)cc1. The zero-order valence-electron chi connectivity index (χ0n) is 23.9. The molecule has 0 unspecified atom stereocenters. The Hall–Kier alpha value is -4.77. The Bertz CT molecular complexity index is 1920. The molecular weight excluding hydrogens is 492 g/mol. The van der Waals surface area contributed by atoms with E-state index in [2.05, 4.69) is 133 Å². The van der Waals surface area contributed by atoms with Gasteiger partial charge in [-0.15, -0.1) is 0 Å². The quantitative estimate of drug-likeness (QED) is 0.169. The molecule has 0 radical (unpaired) electrons. The molecule has 5 nitrogen and oxygen atoms in total. The third-order valence-electron chi connectivity index (χ3n) is 7.51. The van der Waals surface area contributed by atoms with E-state index >= 15 is 0 Å². The fourth-order valence-corrected chi connectivity index (χ4v) is 5.26. The van der Waals surface area contributed by atoms with Crippen molar-refractivity contribution in [3.63, 3.8) is 0 Å². The standard InChI is InChI=1S/C35H34N4O/c1-37(2)25-15-11-23(12-16-25)34(24-13-17-26(18-14-24)38(3)4)30-22-33-35(29-10-8-7-9-28(29)30)36-31-20-19-27(39(5)6)21-32(31)40-33/h7-22H,1-6H3/q+2. The van der Waals surface area contributed by atoms with E-state index in [1.165, 1.54) is 0 Å². The summed E-state index contributed by atoms with van der Waals surface area (Å²) in [6, 6.07) is 25.6. The molecule has 0 N–H and O–H groups in total. The van der Waals surface area contributed by atoms with E-state index < -0.39 is 0 Å². The van der Waals surface area contributed by atoms with Crippen molar-refractivity contribution < 1.29 is 8.99 Å². The number of rotatable bonds is 3. The molecule has 3 aliphatic rings. The van der Waals surface area contributed by atoms with Crippen LogP contribution in [-0.4, -0.2) is 57.6 Å². The van der Waals surface area contributed by atoms with Gasteiger partial charge in [0.15, 0.2) is 17.1 Å². The molecule has 40 heavy (non-hydrogen) atoms. The Morgan fingerprint density at radius 1 is 0.750 bits per heavy atom. The molecule has 0 saturated carbocycles. The van der Waals surface area contributed by atoms with Gasteiger partial charge in [0.25, 0.3) is 0 Å². The van der Waals surface area contributed by atoms with Crippen LogP contribution < -0.4 is 14.8 Å². The van der Waals surface area contributed by atoms with Crippen LogP contribution in [0.3, 0.4) is 0 Å². The molecule has 3 aromatic carbocycles. The number of anilines is 1. The predicted octanol–water partition coefficient (Wildman–Crippen LogP) is 5.82. The predicted molar refractivity (Wildman–Crippen MR) is 167 cm³/mol. The van der Waals surface area contributed by atoms with E-state index in [0.717, 1.165) is 72.4 Å². The molecule has 198 valence electrons. The molecule has 0 fully saturated rings. The zero-order chi connectivity index (χ0) is 28.0. The number of hydrogen-bond donors (Lipinski definition) is 0. The van der Waals surface area contributed by atoms with Crippen molar-refractivity contribution in [2.24, 2.45) is 0 Å². The fraction of sp³-hybridized carbons (Fsp3) is 0.171. The molecule has 1 aliphatic heterocycles. The van der Waals surface area contributed by atoms with Crippen LogP contribution in [-0.2, 0) is 0 Å². The first-order valence-electron chi connectivity index (χ1n) is 13.5. The van der Waals surface area contributed by atoms with Gasteiger partial charge in [-0.05, 0) is 64.1 Å². The van der Waals surface area contributed by atoms with Gasteiger partial charge in [0, 0.05) is 43.4 Å². The van der Waals surface area contributed by atoms with Crippen molar-refractivity contribution >= 4 is 38.8 Å². The molecule has 0 aromatic heterocycles. The summed E-state index contributed by atoms with van der Waals surface area (Å²) >= 11 is 0. The van der Waals surface area contributed by atoms with Crippen molar-refractivity contribution in [2.45, 2.75) is 0 Å². The summed E-state index contributed by atoms with van der Waals surface area (Å²) in [4.78, 5) is 7.21. The van der Waals surface area contributed by atoms with Gasteiger partial charge in [-0.3, -0.25) is 0 Å². The van der Waals surface area contributed by atoms with Gasteiger partial charge < -0.3 is 9.32 Å². The average molecular weight is 527 g/mol. The van der Waals surface area contributed by atoms with Gasteiger partial charge in [0.05, 0.1) is 6.07 Å². The molecule has 0 atom stereocenters. The topological polar surface area (TPSA) is 35.3 Å². The summed E-state index contributed by atoms with van der Waals surface area (Å²) in [7, 11) is 12.3. The van der Waals surface area contributed by atoms with Crippen molar-refractivity contribution in [1.29, 1.82) is 0 Å². The second-order valence-electron chi connectivity index (χ2n) is 10.8. The molecule has 0 bridgehead atoms. The highest BCUT2D eigenvalue weighted by Crippen LogP contribution is 2.39. The molecule has 1 heterocycles. The Kier molecular flexibility index (Phi) is 6.43. The van der Waals surface area contributed by atoms with E-state index in [-0.39, 0.29) is 0 Å². The lowest BCUT2D eigenvalue weighted by Gasteiger charge is -2.19. The number of hydrogen-bond acceptors (Lipinski definition) is 3. The highest BCUT2D eigenvalue weighted by atomic mass is 16.3. The Morgan fingerprint density at radius 3 is 2.10 bits per heavy atom. The van der Waals surface area contributed by atoms with Crippen molar-refractivity contribution in [3.8, 4) is 11.5 Å². The van der Waals surface area contributed by atoms with Crippen LogP contribution in [0.1, 0.15) is 11.1 Å². The lowest BCUT2D eigenvalue weighted by atomic mass is 9.87. The maximum absolute atomic E-state index is 6.59. The van der Waals surface area contributed by atoms with Crippen LogP contribution in [0.2, 0.25) is 0 Å². The highest BCUT2D eigenvalue weighted by molar-refractivity contribution is 6.12. The highest BCUT2D eigenvalue weighted by Gasteiger charge is 2.20. The first-order chi connectivity index (χ1) is 19.3. The summed E-state index contributed by atoms with van der Waals surface area (Å²) in [5.41, 5.74) is 9.39. The maximum atomic E-state index is 6.59. The van der Waals surface area contributed by atoms with E-state index in [1.54, 1.807) is 0 Å². The van der Waals surface area contributed by atoms with E-state index in [9.17, 15) is 0 Å². The summed E-state index contributed by atoms with van der Waals surface area (Å²) in [6.07, 6.45) is 8.77. The monoisotopic (exact) mass is 526 g/mol. The molecule has 0 amide bonds. The van der Waals surface area contributed by atoms with Gasteiger partial charge in [-0.1, -0.05) is 36.4 Å². The number of fused-ring (bicyclic) bond motifs is 4. The molecule has 6 rings (SSSR count). The Morgan fingerprint density at radius 2 is 1.45 bits per heavy atom. The number of benzene rings is 4. The van der Waals surface area contributed by atoms with Gasteiger partial charge in [0.2, 0.25) is 5.36 Å². The van der Waals surface area contributed by atoms with Gasteiger partial charge >= 0.3 is 0 Å². The zero-order valence-corrected chi connectivity index (χ0v) is 23.9. The van der Waals surface area contributed by atoms with Crippen LogP contribution in [0.4, 0.5) is 5.69 Å². The minimum absolute atomic E-state index is 0.768. The lowest BCUT2D eigenvalue weighted by molar-refractivity contribution is -0.462. The average Bonchev–Trinajstić information content (AvgIpc) is 2.96. The second-order valence-corrected chi connectivity index (χ2v) is 10.8. The van der Waals surface area contributed by atoms with Crippen LogP contribution in [0.15, 0.2) is 107 Å². The second kappa shape index (κ2) is 10.1. The number of allylic oxidation sites excluding steroid dienone is 5. The molecule has 0 spiro atoms. The van der Waals surface area contributed by atoms with Crippen LogP contribution in [0.25, 0.3) is 38.9 Å². The number of aromatic nitrogens is 1. The minimum Gasteiger partial charge on any atom is -0.453 e. The smallest absolute Gasteiger partial charge is 0.203 e. The van der Waals surface area contributed by atoms with Crippen molar-refractivity contribution in [3.05, 3.63) is 119 Å². The minimum atomic E-state index is 0.768. The largest absolute Gasteiger partial charge is 0.453 e. The third kappa shape index (κ3) is 4.54. The number of nitrogens with zero attached hydrogens (tertiary/aromatic N) is 4. The van der Waals surface area contributed by atoms with E-state index in [1.807, 2.05) is 20.2 Å². The van der Waals surface area contributed by atoms with Crippen LogP contribution >= 0.6 is 0 Å². The summed E-state index contributed by atoms with van der Waals surface area (Å²) in [5.74, 6) is 0.771. The Labute approximate surface area is 235 Å². The van der Waals surface area contributed by atoms with E-state index in [4.69, 9.17) is 9.40 Å². The maximum Gasteiger partial charge on any atom is 0.203 e. The van der Waals surface area contributed by atoms with Crippen molar-refractivity contribution in [1.82, 2.24) is 9.56 Å². The van der Waals surface area contributed by atoms with Crippen molar-refractivity contribution in [2.75, 3.05) is 47.2 Å². The van der Waals surface area contributed by atoms with Crippen LogP contribution in [0, 0.1) is 0 Å². The lowest BCUT2D eigenvalue weighted by Crippen LogP contribution is -2.21. The van der Waals surface area contributed by atoms with Gasteiger partial charge in [0.1, 0.15) is 39.4 Å². The summed E-state index contributed by atoms with van der Waals surface area (Å²) in [5, 5.41) is 3.29. The first kappa shape index (κ1) is 25.5. The molecule has 3 aromatic rings. The summed E-state index contributed by atoms with van der Waals surface area (Å²) in [6.45, 7) is 0. The summed E-state index contributed by atoms with van der Waals surface area (Å²) < 4.78 is 10.8.